The molecule has 9 atom stereocenters. The second-order valence-corrected chi connectivity index (χ2v) is 15.0. The monoisotopic (exact) mass is 681 g/mol. The number of nitrogens with zero attached hydrogens (tertiary/aromatic N) is 1. The van der Waals surface area contributed by atoms with E-state index in [1.165, 1.54) is 24.3 Å². The van der Waals surface area contributed by atoms with E-state index in [4.69, 9.17) is 23.4 Å². The summed E-state index contributed by atoms with van der Waals surface area (Å²) in [5.41, 5.74) is -0.227. The highest BCUT2D eigenvalue weighted by Gasteiger charge is 2.71. The second kappa shape index (κ2) is 11.9. The Labute approximate surface area is 289 Å². The lowest BCUT2D eigenvalue weighted by Gasteiger charge is -2.67. The molecular formula is C40H40FNO8. The molecule has 1 N–H and O–H groups in total. The van der Waals surface area contributed by atoms with Crippen molar-refractivity contribution in [2.24, 2.45) is 22.7 Å². The lowest BCUT2D eigenvalue weighted by molar-refractivity contribution is -0.330. The van der Waals surface area contributed by atoms with Crippen LogP contribution in [0.1, 0.15) is 79.5 Å². The Balaban J connectivity index is 1.20. The first-order chi connectivity index (χ1) is 23.9. The molecule has 1 saturated heterocycles. The zero-order valence-electron chi connectivity index (χ0n) is 28.4. The van der Waals surface area contributed by atoms with Gasteiger partial charge in [0.2, 0.25) is 0 Å². The number of fused-ring (bicyclic) bond motifs is 6. The van der Waals surface area contributed by atoms with Crippen molar-refractivity contribution in [2.75, 3.05) is 6.61 Å². The predicted octanol–water partition coefficient (Wildman–Crippen LogP) is 7.12. The lowest BCUT2D eigenvalue weighted by atomic mass is 9.42. The molecule has 3 fully saturated rings. The van der Waals surface area contributed by atoms with Gasteiger partial charge in [-0.2, -0.15) is 0 Å². The Hall–Kier alpha value is -4.38. The van der Waals surface area contributed by atoms with E-state index in [0.29, 0.717) is 31.4 Å². The van der Waals surface area contributed by atoms with Gasteiger partial charge in [0.05, 0.1) is 24.4 Å². The van der Waals surface area contributed by atoms with E-state index < -0.39 is 58.3 Å². The van der Waals surface area contributed by atoms with Crippen LogP contribution in [0.4, 0.5) is 4.39 Å². The van der Waals surface area contributed by atoms with Gasteiger partial charge < -0.3 is 28.5 Å². The number of hydrogen-bond acceptors (Lipinski definition) is 9. The fraction of sp³-hybridized carbons (Fsp3) is 0.425. The summed E-state index contributed by atoms with van der Waals surface area (Å²) in [6.45, 7) is 8.54. The molecule has 4 heterocycles. The summed E-state index contributed by atoms with van der Waals surface area (Å²) in [7, 11) is 0. The molecule has 0 spiro atoms. The summed E-state index contributed by atoms with van der Waals surface area (Å²) in [6, 6.07) is 18.4. The van der Waals surface area contributed by atoms with Gasteiger partial charge in [0.25, 0.3) is 0 Å². The van der Waals surface area contributed by atoms with Crippen molar-refractivity contribution in [1.82, 2.24) is 4.98 Å². The van der Waals surface area contributed by atoms with Crippen LogP contribution in [-0.2, 0) is 14.2 Å². The van der Waals surface area contributed by atoms with Crippen LogP contribution in [0.25, 0.3) is 11.3 Å². The first-order valence-corrected chi connectivity index (χ1v) is 17.2. The molecule has 8 rings (SSSR count). The summed E-state index contributed by atoms with van der Waals surface area (Å²) in [5.74, 6) is -1.57. The molecule has 2 aromatic carbocycles. The molecule has 0 bridgehead atoms. The SMILES string of the molecule is Cc1ccc([C@@H]2OC[C@@]3(C)C4C[C@H](OC(=O)c5ccc(F)cc5)[C@@]5(C)Oc6cc(-c7cccnc7)oc(=O)c6[C@H](O)C5[C@@]4(C)CC[C@@H]3O2)cc1. The van der Waals surface area contributed by atoms with Crippen LogP contribution < -0.4 is 10.4 Å². The fourth-order valence-electron chi connectivity index (χ4n) is 9.54. The van der Waals surface area contributed by atoms with Crippen molar-refractivity contribution >= 4 is 5.97 Å². The van der Waals surface area contributed by atoms with E-state index in [2.05, 4.69) is 18.8 Å². The zero-order valence-corrected chi connectivity index (χ0v) is 28.4. The number of aliphatic hydroxyl groups excluding tert-OH is 1. The van der Waals surface area contributed by atoms with Gasteiger partial charge in [0.15, 0.2) is 6.29 Å². The molecule has 4 aromatic rings. The molecule has 0 amide bonds. The molecule has 2 unspecified atom stereocenters. The largest absolute Gasteiger partial charge is 0.482 e. The van der Waals surface area contributed by atoms with Gasteiger partial charge in [-0.25, -0.2) is 14.0 Å². The topological polar surface area (TPSA) is 117 Å². The number of esters is 1. The Kier molecular flexibility index (Phi) is 7.78. The Morgan fingerprint density at radius 3 is 2.52 bits per heavy atom. The number of rotatable bonds is 4. The summed E-state index contributed by atoms with van der Waals surface area (Å²) < 4.78 is 45.8. The maximum atomic E-state index is 13.8. The number of hydrogen-bond donors (Lipinski definition) is 1. The van der Waals surface area contributed by atoms with E-state index in [1.54, 1.807) is 30.6 Å². The van der Waals surface area contributed by atoms with E-state index >= 15 is 0 Å². The average Bonchev–Trinajstić information content (AvgIpc) is 3.09. The Morgan fingerprint density at radius 1 is 1.04 bits per heavy atom. The number of pyridine rings is 1. The van der Waals surface area contributed by atoms with Crippen molar-refractivity contribution in [2.45, 2.75) is 77.2 Å². The number of ether oxygens (including phenoxy) is 4. The predicted molar refractivity (Wildman–Crippen MR) is 180 cm³/mol. The third-order valence-corrected chi connectivity index (χ3v) is 12.0. The van der Waals surface area contributed by atoms with Gasteiger partial charge in [0.1, 0.15) is 34.6 Å². The third kappa shape index (κ3) is 5.10. The number of aliphatic hydroxyl groups is 1. The smallest absolute Gasteiger partial charge is 0.345 e. The highest BCUT2D eigenvalue weighted by molar-refractivity contribution is 5.89. The van der Waals surface area contributed by atoms with Crippen molar-refractivity contribution < 1.29 is 37.7 Å². The molecule has 10 heteroatoms. The average molecular weight is 682 g/mol. The van der Waals surface area contributed by atoms with Crippen molar-refractivity contribution in [3.63, 3.8) is 0 Å². The molecule has 2 aromatic heterocycles. The molecule has 0 radical (unpaired) electrons. The Bertz CT molecular complexity index is 1980. The van der Waals surface area contributed by atoms with Crippen LogP contribution in [0, 0.1) is 35.4 Å². The van der Waals surface area contributed by atoms with Crippen molar-refractivity contribution in [3.8, 4) is 17.1 Å². The van der Waals surface area contributed by atoms with Crippen LogP contribution in [0.3, 0.4) is 0 Å². The molecule has 2 saturated carbocycles. The molecule has 260 valence electrons. The summed E-state index contributed by atoms with van der Waals surface area (Å²) in [4.78, 5) is 31.5. The quantitative estimate of drug-likeness (QED) is 0.225. The maximum absolute atomic E-state index is 13.8. The normalized spacial score (nSPS) is 34.3. The van der Waals surface area contributed by atoms with Gasteiger partial charge in [0, 0.05) is 40.9 Å². The molecule has 2 aliphatic carbocycles. The fourth-order valence-corrected chi connectivity index (χ4v) is 9.54. The minimum absolute atomic E-state index is 0.0356. The van der Waals surface area contributed by atoms with Gasteiger partial charge in [-0.15, -0.1) is 0 Å². The summed E-state index contributed by atoms with van der Waals surface area (Å²) >= 11 is 0. The highest BCUT2D eigenvalue weighted by atomic mass is 19.1. The first kappa shape index (κ1) is 32.8. The van der Waals surface area contributed by atoms with Gasteiger partial charge in [-0.3, -0.25) is 4.98 Å². The third-order valence-electron chi connectivity index (χ3n) is 12.0. The number of carbonyl (C=O) groups is 1. The van der Waals surface area contributed by atoms with Crippen LogP contribution in [0.5, 0.6) is 5.75 Å². The van der Waals surface area contributed by atoms with Gasteiger partial charge >= 0.3 is 11.6 Å². The number of benzene rings is 2. The first-order valence-electron chi connectivity index (χ1n) is 17.2. The number of aromatic nitrogens is 1. The molecule has 50 heavy (non-hydrogen) atoms. The summed E-state index contributed by atoms with van der Waals surface area (Å²) in [6.07, 6.45) is 2.05. The molecule has 9 nitrogen and oxygen atoms in total. The van der Waals surface area contributed by atoms with Gasteiger partial charge in [-0.1, -0.05) is 43.7 Å². The van der Waals surface area contributed by atoms with Crippen LogP contribution in [0.2, 0.25) is 0 Å². The number of carbonyl (C=O) groups excluding carboxylic acids is 1. The number of halogens is 1. The second-order valence-electron chi connectivity index (χ2n) is 15.0. The zero-order chi connectivity index (χ0) is 35.0. The molecule has 2 aliphatic heterocycles. The van der Waals surface area contributed by atoms with Crippen LogP contribution in [-0.4, -0.2) is 40.5 Å². The molecular weight excluding hydrogens is 641 g/mol. The van der Waals surface area contributed by atoms with E-state index in [9.17, 15) is 19.1 Å². The minimum Gasteiger partial charge on any atom is -0.482 e. The van der Waals surface area contributed by atoms with E-state index in [1.807, 2.05) is 38.1 Å². The van der Waals surface area contributed by atoms with Crippen molar-refractivity contribution in [1.29, 1.82) is 0 Å². The van der Waals surface area contributed by atoms with E-state index in [-0.39, 0.29) is 34.7 Å². The van der Waals surface area contributed by atoms with Crippen LogP contribution in [0.15, 0.2) is 88.3 Å². The maximum Gasteiger partial charge on any atom is 0.345 e. The Morgan fingerprint density at radius 2 is 1.80 bits per heavy atom. The van der Waals surface area contributed by atoms with Crippen molar-refractivity contribution in [3.05, 3.63) is 118 Å². The molecule has 4 aliphatic rings. The minimum atomic E-state index is -1.30. The number of aryl methyl sites for hydroxylation is 1. The van der Waals surface area contributed by atoms with E-state index in [0.717, 1.165) is 11.1 Å². The van der Waals surface area contributed by atoms with Gasteiger partial charge in [-0.05, 0) is 80.8 Å². The standard InChI is InChI=1S/C40H40FNO8/c1-22-7-9-24(10-8-22)37-46-21-39(3)29-19-31(48-35(44)23-11-13-26(41)14-12-23)40(4)34(38(29,2)16-15-30(39)49-37)33(43)32-28(50-40)18-27(47-36(32)45)25-6-5-17-42-20-25/h5-14,17-18,20,29-31,33-34,37,43H,15-16,19,21H2,1-4H3/t29?,30-,31-,33-,34?,37+,38-,39-,40+/m0/s1. The van der Waals surface area contributed by atoms with Crippen LogP contribution >= 0.6 is 0 Å². The lowest BCUT2D eigenvalue weighted by Crippen LogP contribution is -2.71. The summed E-state index contributed by atoms with van der Waals surface area (Å²) in [5, 5.41) is 12.4. The highest BCUT2D eigenvalue weighted by Crippen LogP contribution is 2.68.